The first kappa shape index (κ1) is 11.5. The van der Waals surface area contributed by atoms with E-state index in [0.29, 0.717) is 11.8 Å². The summed E-state index contributed by atoms with van der Waals surface area (Å²) in [5, 5.41) is 22.6. The van der Waals surface area contributed by atoms with Crippen molar-refractivity contribution in [2.45, 2.75) is 6.42 Å². The number of nitrogens with one attached hydrogen (secondary N) is 1. The van der Waals surface area contributed by atoms with Crippen LogP contribution in [0.3, 0.4) is 0 Å². The van der Waals surface area contributed by atoms with Gasteiger partial charge in [-0.2, -0.15) is 5.26 Å². The first-order valence-electron chi connectivity index (χ1n) is 4.80. The summed E-state index contributed by atoms with van der Waals surface area (Å²) in [6, 6.07) is 1.96. The van der Waals surface area contributed by atoms with Crippen molar-refractivity contribution in [1.82, 2.24) is 0 Å². The second-order valence-corrected chi connectivity index (χ2v) is 5.18. The van der Waals surface area contributed by atoms with Crippen LogP contribution in [0.25, 0.3) is 0 Å². The normalized spacial score (nSPS) is 26.4. The molecule has 0 aromatic rings. The predicted octanol–water partition coefficient (Wildman–Crippen LogP) is 1.74. The van der Waals surface area contributed by atoms with E-state index in [0.717, 1.165) is 16.5 Å². The van der Waals surface area contributed by atoms with Crippen LogP contribution in [0.1, 0.15) is 6.42 Å². The van der Waals surface area contributed by atoms with E-state index < -0.39 is 0 Å². The highest BCUT2D eigenvalue weighted by Gasteiger charge is 2.53. The molecule has 2 rings (SSSR count). The molecule has 0 amide bonds. The van der Waals surface area contributed by atoms with Crippen LogP contribution in [0.5, 0.6) is 0 Å². The van der Waals surface area contributed by atoms with E-state index in [-0.39, 0.29) is 5.70 Å². The maximum absolute atomic E-state index is 8.94. The van der Waals surface area contributed by atoms with Gasteiger partial charge in [-0.1, -0.05) is 11.8 Å². The lowest BCUT2D eigenvalue weighted by molar-refractivity contribution is -0.473. The highest BCUT2D eigenvalue weighted by Crippen LogP contribution is 2.47. The summed E-state index contributed by atoms with van der Waals surface area (Å²) < 4.78 is 1.58. The molecule has 0 aromatic heterocycles. The second-order valence-electron chi connectivity index (χ2n) is 3.53. The molecule has 1 saturated carbocycles. The Kier molecular flexibility index (Phi) is 3.20. The monoisotopic (exact) mass is 251 g/mol. The number of allylic oxidation sites excluding steroid dienone is 1. The maximum Gasteiger partial charge on any atom is 0.377 e. The number of hydrazone groups is 1. The van der Waals surface area contributed by atoms with Gasteiger partial charge < -0.3 is 0 Å². The Hall–Kier alpha value is -1.02. The summed E-state index contributed by atoms with van der Waals surface area (Å²) in [5.41, 5.74) is 0.168. The maximum atomic E-state index is 8.94. The van der Waals surface area contributed by atoms with Gasteiger partial charge in [0.1, 0.15) is 5.04 Å². The van der Waals surface area contributed by atoms with Crippen LogP contribution >= 0.6 is 23.5 Å². The molecule has 1 aliphatic heterocycles. The van der Waals surface area contributed by atoms with E-state index in [1.807, 2.05) is 18.6 Å². The quantitative estimate of drug-likeness (QED) is 0.438. The van der Waals surface area contributed by atoms with E-state index in [2.05, 4.69) is 11.0 Å². The predicted molar refractivity (Wildman–Crippen MR) is 68.2 cm³/mol. The number of thioether (sulfide) groups is 2. The number of hydrogen-bond acceptors (Lipinski definition) is 5. The van der Waals surface area contributed by atoms with Crippen molar-refractivity contribution in [3.8, 4) is 6.07 Å². The van der Waals surface area contributed by atoms with E-state index in [4.69, 9.17) is 10.7 Å². The van der Waals surface area contributed by atoms with Crippen LogP contribution in [-0.2, 0) is 0 Å². The molecule has 0 saturated heterocycles. The third kappa shape index (κ3) is 1.71. The molecule has 2 unspecified atom stereocenters. The van der Waals surface area contributed by atoms with Gasteiger partial charge in [0.05, 0.1) is 11.8 Å². The van der Waals surface area contributed by atoms with Crippen LogP contribution in [-0.4, -0.2) is 33.2 Å². The van der Waals surface area contributed by atoms with Gasteiger partial charge in [-0.15, -0.1) is 11.8 Å². The molecule has 82 valence electrons. The van der Waals surface area contributed by atoms with Crippen molar-refractivity contribution in [1.29, 1.82) is 10.7 Å². The first-order chi connectivity index (χ1) is 7.76. The van der Waals surface area contributed by atoms with Crippen LogP contribution < -0.4 is 0 Å². The number of fused-ring (bicyclic) bond motifs is 1. The lowest BCUT2D eigenvalue weighted by Gasteiger charge is -2.06. The fraction of sp³-hybridized carbons (Fsp3) is 0.500. The first-order valence-corrected chi connectivity index (χ1v) is 7.25. The minimum atomic E-state index is 0.168. The minimum Gasteiger partial charge on any atom is -0.252 e. The van der Waals surface area contributed by atoms with Gasteiger partial charge in [-0.25, -0.2) is 0 Å². The average Bonchev–Trinajstić information content (AvgIpc) is 3.09. The molecule has 2 aliphatic rings. The highest BCUT2D eigenvalue weighted by atomic mass is 32.2. The Bertz CT molecular complexity index is 480. The molecule has 16 heavy (non-hydrogen) atoms. The van der Waals surface area contributed by atoms with E-state index in [1.54, 1.807) is 28.2 Å². The van der Waals surface area contributed by atoms with E-state index in [9.17, 15) is 0 Å². The molecule has 0 spiro atoms. The zero-order valence-corrected chi connectivity index (χ0v) is 10.7. The summed E-state index contributed by atoms with van der Waals surface area (Å²) in [6.07, 6.45) is 5.09. The summed E-state index contributed by atoms with van der Waals surface area (Å²) >= 11 is 3.23. The highest BCUT2D eigenvalue weighted by molar-refractivity contribution is 8.14. The number of rotatable bonds is 1. The van der Waals surface area contributed by atoms with Crippen molar-refractivity contribution in [2.75, 3.05) is 12.5 Å². The third-order valence-corrected chi connectivity index (χ3v) is 4.38. The minimum absolute atomic E-state index is 0.168. The summed E-state index contributed by atoms with van der Waals surface area (Å²) in [4.78, 5) is 0. The van der Waals surface area contributed by atoms with Crippen molar-refractivity contribution in [3.63, 3.8) is 0 Å². The topological polar surface area (TPSA) is 63.0 Å². The molecule has 4 nitrogen and oxygen atoms in total. The van der Waals surface area contributed by atoms with Crippen LogP contribution in [0, 0.1) is 28.6 Å². The molecule has 1 fully saturated rings. The van der Waals surface area contributed by atoms with Gasteiger partial charge in [0, 0.05) is 11.0 Å². The van der Waals surface area contributed by atoms with Crippen LogP contribution in [0.4, 0.5) is 0 Å². The van der Waals surface area contributed by atoms with Gasteiger partial charge in [0.15, 0.2) is 6.07 Å². The summed E-state index contributed by atoms with van der Waals surface area (Å²) in [5.74, 6) is 3.18. The Balaban J connectivity index is 2.50. The molecular weight excluding hydrogens is 240 g/mol. The van der Waals surface area contributed by atoms with Gasteiger partial charge in [-0.05, 0) is 23.6 Å². The molecule has 1 aliphatic carbocycles. The molecule has 1 heterocycles. The lowest BCUT2D eigenvalue weighted by atomic mass is 10.3. The van der Waals surface area contributed by atoms with Crippen molar-refractivity contribution in [3.05, 3.63) is 5.70 Å². The van der Waals surface area contributed by atoms with Gasteiger partial charge in [0.25, 0.3) is 5.04 Å². The zero-order chi connectivity index (χ0) is 11.7. The van der Waals surface area contributed by atoms with E-state index >= 15 is 0 Å². The molecule has 0 bridgehead atoms. The average molecular weight is 251 g/mol. The fourth-order valence-corrected chi connectivity index (χ4v) is 3.43. The summed E-state index contributed by atoms with van der Waals surface area (Å²) in [6.45, 7) is 0. The second kappa shape index (κ2) is 4.46. The van der Waals surface area contributed by atoms with Crippen LogP contribution in [0.15, 0.2) is 10.8 Å². The van der Waals surface area contributed by atoms with Crippen molar-refractivity contribution >= 4 is 39.5 Å². The Morgan fingerprint density at radius 3 is 2.75 bits per heavy atom. The summed E-state index contributed by atoms with van der Waals surface area (Å²) in [7, 11) is 0. The molecule has 0 aromatic carbocycles. The van der Waals surface area contributed by atoms with E-state index in [1.165, 1.54) is 0 Å². The van der Waals surface area contributed by atoms with Crippen molar-refractivity contribution < 1.29 is 4.68 Å². The molecule has 1 N–H and O–H groups in total. The van der Waals surface area contributed by atoms with Crippen LogP contribution in [0.2, 0.25) is 0 Å². The smallest absolute Gasteiger partial charge is 0.252 e. The third-order valence-electron chi connectivity index (χ3n) is 2.69. The fourth-order valence-electron chi connectivity index (χ4n) is 1.84. The van der Waals surface area contributed by atoms with Crippen molar-refractivity contribution in [2.24, 2.45) is 16.9 Å². The molecule has 0 radical (unpaired) electrons. The van der Waals surface area contributed by atoms with Gasteiger partial charge in [-0.3, -0.25) is 5.41 Å². The van der Waals surface area contributed by atoms with Gasteiger partial charge in [0.2, 0.25) is 0 Å². The SMILES string of the molecule is CSC1=N[N+](C(=C=N)C#N)=C(SC)C2CC12. The molecule has 2 atom stereocenters. The van der Waals surface area contributed by atoms with Gasteiger partial charge >= 0.3 is 5.70 Å². The Morgan fingerprint density at radius 2 is 2.25 bits per heavy atom. The zero-order valence-electron chi connectivity index (χ0n) is 9.02. The lowest BCUT2D eigenvalue weighted by Crippen LogP contribution is -2.23. The molecular formula is C10H11N4S2+. The Labute approximate surface area is 103 Å². The Morgan fingerprint density at radius 1 is 1.50 bits per heavy atom. The standard InChI is InChI=1S/C10H11N4S2/c1-15-9-7-3-8(7)10(16-2)14(13-9)6(4-11)5-12/h7-8,11H,3H2,1-2H3/q+1. The number of hydrogen-bond donors (Lipinski definition) is 1. The number of nitrogens with zero attached hydrogens (tertiary/aromatic N) is 3. The largest absolute Gasteiger partial charge is 0.377 e. The number of nitriles is 1. The molecule has 6 heteroatoms.